The number of carboxylic acids is 1. The van der Waals surface area contributed by atoms with Crippen molar-refractivity contribution in [2.45, 2.75) is 52.5 Å². The first-order chi connectivity index (χ1) is 9.75. The number of benzene rings is 1. The SMILES string of the molecule is CCc1cccc(C)c1NC(=O)NC(C)(C)CCC(=O)O. The maximum atomic E-state index is 12.1. The first-order valence-corrected chi connectivity index (χ1v) is 7.14. The van der Waals surface area contributed by atoms with Crippen LogP contribution in [0.25, 0.3) is 0 Å². The van der Waals surface area contributed by atoms with Gasteiger partial charge < -0.3 is 15.7 Å². The summed E-state index contributed by atoms with van der Waals surface area (Å²) in [6.07, 6.45) is 1.24. The van der Waals surface area contributed by atoms with Gasteiger partial charge in [0.05, 0.1) is 0 Å². The second-order valence-electron chi connectivity index (χ2n) is 5.82. The third-order valence-electron chi connectivity index (χ3n) is 3.39. The van der Waals surface area contributed by atoms with Crippen LogP contribution in [0.4, 0.5) is 10.5 Å². The van der Waals surface area contributed by atoms with Gasteiger partial charge in [-0.1, -0.05) is 25.1 Å². The Labute approximate surface area is 125 Å². The minimum atomic E-state index is -0.863. The quantitative estimate of drug-likeness (QED) is 0.752. The van der Waals surface area contributed by atoms with Crippen LogP contribution in [0.3, 0.4) is 0 Å². The molecule has 0 heterocycles. The van der Waals surface area contributed by atoms with Crippen LogP contribution in [-0.2, 0) is 11.2 Å². The third kappa shape index (κ3) is 5.45. The molecule has 5 heteroatoms. The summed E-state index contributed by atoms with van der Waals surface area (Å²) in [6, 6.07) is 5.59. The maximum absolute atomic E-state index is 12.1. The zero-order valence-corrected chi connectivity index (χ0v) is 13.1. The van der Waals surface area contributed by atoms with Crippen molar-refractivity contribution in [3.8, 4) is 0 Å². The Hall–Kier alpha value is -2.04. The number of nitrogens with one attached hydrogen (secondary N) is 2. The Morgan fingerprint density at radius 2 is 1.95 bits per heavy atom. The van der Waals surface area contributed by atoms with E-state index < -0.39 is 11.5 Å². The average Bonchev–Trinajstić information content (AvgIpc) is 2.38. The second-order valence-corrected chi connectivity index (χ2v) is 5.82. The number of hydrogen-bond donors (Lipinski definition) is 3. The van der Waals surface area contributed by atoms with E-state index in [1.54, 1.807) is 0 Å². The van der Waals surface area contributed by atoms with Crippen molar-refractivity contribution in [1.82, 2.24) is 5.32 Å². The van der Waals surface area contributed by atoms with Crippen LogP contribution in [0.2, 0.25) is 0 Å². The molecule has 0 aliphatic heterocycles. The van der Waals surface area contributed by atoms with Crippen molar-refractivity contribution in [1.29, 1.82) is 0 Å². The molecule has 21 heavy (non-hydrogen) atoms. The number of hydrogen-bond acceptors (Lipinski definition) is 2. The van der Waals surface area contributed by atoms with Gasteiger partial charge in [-0.15, -0.1) is 0 Å². The fraction of sp³-hybridized carbons (Fsp3) is 0.500. The highest BCUT2D eigenvalue weighted by Crippen LogP contribution is 2.21. The van der Waals surface area contributed by atoms with Crippen LogP contribution in [0.15, 0.2) is 18.2 Å². The lowest BCUT2D eigenvalue weighted by molar-refractivity contribution is -0.137. The number of urea groups is 1. The van der Waals surface area contributed by atoms with Crippen molar-refractivity contribution < 1.29 is 14.7 Å². The summed E-state index contributed by atoms with van der Waals surface area (Å²) in [5.41, 5.74) is 2.34. The molecule has 0 aromatic heterocycles. The minimum absolute atomic E-state index is 0.0256. The van der Waals surface area contributed by atoms with E-state index in [9.17, 15) is 9.59 Å². The van der Waals surface area contributed by atoms with E-state index >= 15 is 0 Å². The summed E-state index contributed by atoms with van der Waals surface area (Å²) >= 11 is 0. The highest BCUT2D eigenvalue weighted by atomic mass is 16.4. The molecule has 0 atom stereocenters. The van der Waals surface area contributed by atoms with Gasteiger partial charge in [-0.05, 0) is 44.7 Å². The lowest BCUT2D eigenvalue weighted by Crippen LogP contribution is -2.46. The molecular formula is C16H24N2O3. The van der Waals surface area contributed by atoms with Gasteiger partial charge in [-0.2, -0.15) is 0 Å². The number of anilines is 1. The van der Waals surface area contributed by atoms with E-state index in [1.807, 2.05) is 45.9 Å². The minimum Gasteiger partial charge on any atom is -0.481 e. The molecule has 3 N–H and O–H groups in total. The van der Waals surface area contributed by atoms with Crippen molar-refractivity contribution in [2.24, 2.45) is 0 Å². The summed E-state index contributed by atoms with van der Waals surface area (Å²) < 4.78 is 0. The lowest BCUT2D eigenvalue weighted by Gasteiger charge is -2.26. The number of rotatable bonds is 6. The van der Waals surface area contributed by atoms with Gasteiger partial charge in [0.1, 0.15) is 0 Å². The molecule has 5 nitrogen and oxygen atoms in total. The standard InChI is InChI=1S/C16H24N2O3/c1-5-12-8-6-7-11(2)14(12)17-15(21)18-16(3,4)10-9-13(19)20/h6-8H,5,9-10H2,1-4H3,(H,19,20)(H2,17,18,21). The number of carbonyl (C=O) groups excluding carboxylic acids is 1. The second kappa shape index (κ2) is 7.11. The Morgan fingerprint density at radius 3 is 2.52 bits per heavy atom. The average molecular weight is 292 g/mol. The summed E-state index contributed by atoms with van der Waals surface area (Å²) in [5, 5.41) is 14.4. The normalized spacial score (nSPS) is 11.0. The topological polar surface area (TPSA) is 78.4 Å². The summed E-state index contributed by atoms with van der Waals surface area (Å²) in [5.74, 6) is -0.863. The van der Waals surface area contributed by atoms with Crippen molar-refractivity contribution in [3.63, 3.8) is 0 Å². The van der Waals surface area contributed by atoms with Crippen molar-refractivity contribution >= 4 is 17.7 Å². The van der Waals surface area contributed by atoms with Crippen LogP contribution < -0.4 is 10.6 Å². The smallest absolute Gasteiger partial charge is 0.319 e. The predicted molar refractivity (Wildman–Crippen MR) is 83.7 cm³/mol. The number of para-hydroxylation sites is 1. The maximum Gasteiger partial charge on any atom is 0.319 e. The molecule has 1 aromatic rings. The molecule has 0 spiro atoms. The predicted octanol–water partition coefficient (Wildman–Crippen LogP) is 3.32. The van der Waals surface area contributed by atoms with E-state index in [1.165, 1.54) is 0 Å². The fourth-order valence-electron chi connectivity index (χ4n) is 2.14. The van der Waals surface area contributed by atoms with E-state index in [0.717, 1.165) is 23.2 Å². The van der Waals surface area contributed by atoms with Gasteiger partial charge in [0.25, 0.3) is 0 Å². The van der Waals surface area contributed by atoms with Crippen LogP contribution in [-0.4, -0.2) is 22.6 Å². The number of carboxylic acid groups (broad SMARTS) is 1. The summed E-state index contributed by atoms with van der Waals surface area (Å²) in [6.45, 7) is 7.61. The summed E-state index contributed by atoms with van der Waals surface area (Å²) in [4.78, 5) is 22.7. The van der Waals surface area contributed by atoms with Gasteiger partial charge in [0.2, 0.25) is 0 Å². The van der Waals surface area contributed by atoms with Gasteiger partial charge in [-0.3, -0.25) is 4.79 Å². The molecule has 2 amide bonds. The zero-order chi connectivity index (χ0) is 16.0. The number of aryl methyl sites for hydroxylation is 2. The van der Waals surface area contributed by atoms with Crippen LogP contribution in [0.1, 0.15) is 44.7 Å². The Bertz CT molecular complexity index is 524. The van der Waals surface area contributed by atoms with Gasteiger partial charge in [0, 0.05) is 17.6 Å². The van der Waals surface area contributed by atoms with E-state index in [-0.39, 0.29) is 12.5 Å². The number of amides is 2. The molecule has 0 bridgehead atoms. The molecule has 0 saturated heterocycles. The Kier molecular flexibility index (Phi) is 5.76. The highest BCUT2D eigenvalue weighted by Gasteiger charge is 2.22. The molecule has 0 aliphatic carbocycles. The number of aliphatic carboxylic acids is 1. The van der Waals surface area contributed by atoms with E-state index in [0.29, 0.717) is 6.42 Å². The molecule has 0 fully saturated rings. The van der Waals surface area contributed by atoms with Gasteiger partial charge in [-0.25, -0.2) is 4.79 Å². The van der Waals surface area contributed by atoms with Crippen molar-refractivity contribution in [2.75, 3.05) is 5.32 Å². The van der Waals surface area contributed by atoms with Crippen LogP contribution in [0.5, 0.6) is 0 Å². The zero-order valence-electron chi connectivity index (χ0n) is 13.1. The molecule has 0 unspecified atom stereocenters. The van der Waals surface area contributed by atoms with Crippen LogP contribution >= 0.6 is 0 Å². The highest BCUT2D eigenvalue weighted by molar-refractivity contribution is 5.91. The largest absolute Gasteiger partial charge is 0.481 e. The van der Waals surface area contributed by atoms with Crippen molar-refractivity contribution in [3.05, 3.63) is 29.3 Å². The molecular weight excluding hydrogens is 268 g/mol. The molecule has 0 aliphatic rings. The Balaban J connectivity index is 2.72. The monoisotopic (exact) mass is 292 g/mol. The molecule has 1 aromatic carbocycles. The van der Waals surface area contributed by atoms with E-state index in [2.05, 4.69) is 10.6 Å². The first kappa shape index (κ1) is 17.0. The van der Waals surface area contributed by atoms with Gasteiger partial charge in [0.15, 0.2) is 0 Å². The molecule has 0 saturated carbocycles. The third-order valence-corrected chi connectivity index (χ3v) is 3.39. The fourth-order valence-corrected chi connectivity index (χ4v) is 2.14. The van der Waals surface area contributed by atoms with Crippen LogP contribution in [0, 0.1) is 6.92 Å². The van der Waals surface area contributed by atoms with E-state index in [4.69, 9.17) is 5.11 Å². The number of carbonyl (C=O) groups is 2. The lowest BCUT2D eigenvalue weighted by atomic mass is 9.99. The molecule has 0 radical (unpaired) electrons. The van der Waals surface area contributed by atoms with Gasteiger partial charge >= 0.3 is 12.0 Å². The molecule has 116 valence electrons. The Morgan fingerprint density at radius 1 is 1.29 bits per heavy atom. The summed E-state index contributed by atoms with van der Waals surface area (Å²) in [7, 11) is 0. The molecule has 1 rings (SSSR count). The first-order valence-electron chi connectivity index (χ1n) is 7.14.